The van der Waals surface area contributed by atoms with Crippen LogP contribution < -0.4 is 5.32 Å². The first-order valence-corrected chi connectivity index (χ1v) is 9.24. The highest BCUT2D eigenvalue weighted by atomic mass is 32.1. The molecular formula is C20H18N2O5S. The molecule has 0 saturated heterocycles. The average Bonchev–Trinajstić information content (AvgIpc) is 3.38. The van der Waals surface area contributed by atoms with Gasteiger partial charge in [0.15, 0.2) is 12.4 Å². The van der Waals surface area contributed by atoms with Crippen molar-refractivity contribution in [3.8, 4) is 0 Å². The van der Waals surface area contributed by atoms with E-state index in [1.165, 1.54) is 23.3 Å². The fraction of sp³-hybridized carbons (Fsp3) is 0.150. The first-order valence-electron chi connectivity index (χ1n) is 8.42. The minimum absolute atomic E-state index is 0.171. The number of nitrogens with one attached hydrogen (secondary N) is 1. The highest BCUT2D eigenvalue weighted by Gasteiger charge is 2.17. The van der Waals surface area contributed by atoms with E-state index in [2.05, 4.69) is 5.32 Å². The molecule has 3 aromatic rings. The smallest absolute Gasteiger partial charge is 0.348 e. The minimum Gasteiger partial charge on any atom is -0.459 e. The number of furan rings is 1. The van der Waals surface area contributed by atoms with Crippen LogP contribution >= 0.6 is 11.3 Å². The lowest BCUT2D eigenvalue weighted by atomic mass is 10.2. The molecule has 2 heterocycles. The fourth-order valence-electron chi connectivity index (χ4n) is 2.35. The van der Waals surface area contributed by atoms with Crippen molar-refractivity contribution >= 4 is 34.1 Å². The third kappa shape index (κ3) is 5.08. The molecular weight excluding hydrogens is 380 g/mol. The molecule has 144 valence electrons. The number of anilines is 1. The van der Waals surface area contributed by atoms with Crippen LogP contribution in [0, 0.1) is 0 Å². The largest absolute Gasteiger partial charge is 0.459 e. The first-order chi connectivity index (χ1) is 13.5. The van der Waals surface area contributed by atoms with Crippen LogP contribution in [0.3, 0.4) is 0 Å². The lowest BCUT2D eigenvalue weighted by Gasteiger charge is -2.17. The van der Waals surface area contributed by atoms with Crippen molar-refractivity contribution in [2.75, 3.05) is 19.0 Å². The van der Waals surface area contributed by atoms with Gasteiger partial charge in [-0.25, -0.2) is 4.79 Å². The van der Waals surface area contributed by atoms with Crippen LogP contribution in [0.4, 0.5) is 5.00 Å². The van der Waals surface area contributed by atoms with Crippen LogP contribution in [-0.2, 0) is 16.1 Å². The molecule has 0 unspecified atom stereocenters. The molecule has 0 saturated carbocycles. The molecule has 2 amide bonds. The van der Waals surface area contributed by atoms with Gasteiger partial charge in [0, 0.05) is 13.6 Å². The van der Waals surface area contributed by atoms with Crippen molar-refractivity contribution < 1.29 is 23.5 Å². The highest BCUT2D eigenvalue weighted by Crippen LogP contribution is 2.23. The minimum atomic E-state index is -0.620. The number of carbonyl (C=O) groups excluding carboxylic acids is 3. The first kappa shape index (κ1) is 19.4. The zero-order chi connectivity index (χ0) is 19.9. The van der Waals surface area contributed by atoms with Gasteiger partial charge in [-0.05, 0) is 29.8 Å². The number of likely N-dealkylation sites (N-methyl/N-ethyl adjacent to an activating group) is 1. The second-order valence-electron chi connectivity index (χ2n) is 5.91. The maximum absolute atomic E-state index is 12.1. The molecule has 0 radical (unpaired) electrons. The van der Waals surface area contributed by atoms with Gasteiger partial charge in [0.05, 0.1) is 11.3 Å². The van der Waals surface area contributed by atoms with E-state index in [0.717, 1.165) is 16.9 Å². The summed E-state index contributed by atoms with van der Waals surface area (Å²) < 4.78 is 10.1. The summed E-state index contributed by atoms with van der Waals surface area (Å²) in [5, 5.41) is 3.11. The summed E-state index contributed by atoms with van der Waals surface area (Å²) in [5.74, 6) is -1.17. The topological polar surface area (TPSA) is 88.9 Å². The van der Waals surface area contributed by atoms with E-state index in [9.17, 15) is 14.4 Å². The zero-order valence-electron chi connectivity index (χ0n) is 15.1. The molecule has 0 aliphatic carbocycles. The summed E-state index contributed by atoms with van der Waals surface area (Å²) in [7, 11) is 1.65. The van der Waals surface area contributed by atoms with Gasteiger partial charge in [0.2, 0.25) is 0 Å². The van der Waals surface area contributed by atoms with Crippen LogP contribution in [0.5, 0.6) is 0 Å². The van der Waals surface area contributed by atoms with Crippen molar-refractivity contribution in [1.82, 2.24) is 4.90 Å². The van der Waals surface area contributed by atoms with Gasteiger partial charge >= 0.3 is 5.97 Å². The summed E-state index contributed by atoms with van der Waals surface area (Å²) in [5.41, 5.74) is 0.986. The van der Waals surface area contributed by atoms with Gasteiger partial charge in [-0.15, -0.1) is 11.3 Å². The molecule has 3 rings (SSSR count). The van der Waals surface area contributed by atoms with E-state index >= 15 is 0 Å². The van der Waals surface area contributed by atoms with Crippen molar-refractivity contribution in [3.63, 3.8) is 0 Å². The van der Waals surface area contributed by atoms with Gasteiger partial charge in [-0.2, -0.15) is 0 Å². The molecule has 7 nitrogen and oxygen atoms in total. The van der Waals surface area contributed by atoms with E-state index in [1.807, 2.05) is 30.3 Å². The van der Waals surface area contributed by atoms with E-state index in [4.69, 9.17) is 9.15 Å². The molecule has 0 atom stereocenters. The van der Waals surface area contributed by atoms with Crippen molar-refractivity contribution in [2.45, 2.75) is 6.54 Å². The number of amides is 2. The average molecular weight is 398 g/mol. The molecule has 8 heteroatoms. The molecule has 1 N–H and O–H groups in total. The van der Waals surface area contributed by atoms with Gasteiger partial charge < -0.3 is 19.4 Å². The Hall–Kier alpha value is -3.39. The quantitative estimate of drug-likeness (QED) is 0.616. The zero-order valence-corrected chi connectivity index (χ0v) is 15.9. The maximum Gasteiger partial charge on any atom is 0.348 e. The monoisotopic (exact) mass is 398 g/mol. The number of thiophene rings is 1. The van der Waals surface area contributed by atoms with Gasteiger partial charge in [-0.3, -0.25) is 9.59 Å². The van der Waals surface area contributed by atoms with Crippen LogP contribution in [-0.4, -0.2) is 36.3 Å². The fourth-order valence-corrected chi connectivity index (χ4v) is 3.15. The van der Waals surface area contributed by atoms with Crippen LogP contribution in [0.25, 0.3) is 0 Å². The van der Waals surface area contributed by atoms with Crippen LogP contribution in [0.15, 0.2) is 65.3 Å². The Morgan fingerprint density at radius 2 is 1.86 bits per heavy atom. The third-order valence-corrected chi connectivity index (χ3v) is 4.78. The predicted molar refractivity (Wildman–Crippen MR) is 104 cm³/mol. The Bertz CT molecular complexity index is 950. The van der Waals surface area contributed by atoms with Crippen molar-refractivity contribution in [1.29, 1.82) is 0 Å². The number of carbonyl (C=O) groups is 3. The Balaban J connectivity index is 1.49. The Morgan fingerprint density at radius 1 is 1.07 bits per heavy atom. The molecule has 2 aromatic heterocycles. The van der Waals surface area contributed by atoms with E-state index in [0.29, 0.717) is 11.5 Å². The summed E-state index contributed by atoms with van der Waals surface area (Å²) >= 11 is 1.06. The van der Waals surface area contributed by atoms with Crippen LogP contribution in [0.2, 0.25) is 0 Å². The third-order valence-electron chi connectivity index (χ3n) is 3.80. The molecule has 0 aliphatic heterocycles. The standard InChI is InChI=1S/C20H18N2O5S/c1-22(12-14-6-3-2-4-7-14)18(23)13-27-20(25)16-9-10-17(28-16)21-19(24)15-8-5-11-26-15/h2-11H,12-13H2,1H3,(H,21,24). The van der Waals surface area contributed by atoms with Crippen LogP contribution in [0.1, 0.15) is 25.8 Å². The summed E-state index contributed by atoms with van der Waals surface area (Å²) in [6, 6.07) is 15.8. The molecule has 0 spiro atoms. The van der Waals surface area contributed by atoms with Crippen molar-refractivity contribution in [2.24, 2.45) is 0 Å². The van der Waals surface area contributed by atoms with Gasteiger partial charge in [-0.1, -0.05) is 30.3 Å². The maximum atomic E-state index is 12.1. The number of hydrogen-bond acceptors (Lipinski definition) is 6. The van der Waals surface area contributed by atoms with Gasteiger partial charge in [0.25, 0.3) is 11.8 Å². The van der Waals surface area contributed by atoms with E-state index < -0.39 is 11.9 Å². The second kappa shape index (κ2) is 9.01. The molecule has 0 fully saturated rings. The number of ether oxygens (including phenoxy) is 1. The number of hydrogen-bond donors (Lipinski definition) is 1. The Labute approximate surface area is 165 Å². The van der Waals surface area contributed by atoms with Crippen molar-refractivity contribution in [3.05, 3.63) is 77.1 Å². The Morgan fingerprint density at radius 3 is 2.57 bits per heavy atom. The highest BCUT2D eigenvalue weighted by molar-refractivity contribution is 7.18. The molecule has 0 bridgehead atoms. The summed E-state index contributed by atoms with van der Waals surface area (Å²) in [4.78, 5) is 38.0. The number of nitrogens with zero attached hydrogens (tertiary/aromatic N) is 1. The number of benzene rings is 1. The predicted octanol–water partition coefficient (Wildman–Crippen LogP) is 3.41. The molecule has 0 aliphatic rings. The second-order valence-corrected chi connectivity index (χ2v) is 6.99. The van der Waals surface area contributed by atoms with E-state index in [1.54, 1.807) is 19.2 Å². The SMILES string of the molecule is CN(Cc1ccccc1)C(=O)COC(=O)c1ccc(NC(=O)c2ccco2)s1. The number of rotatable bonds is 7. The molecule has 28 heavy (non-hydrogen) atoms. The normalized spacial score (nSPS) is 10.3. The lowest BCUT2D eigenvalue weighted by Crippen LogP contribution is -2.30. The van der Waals surface area contributed by atoms with E-state index in [-0.39, 0.29) is 23.2 Å². The van der Waals surface area contributed by atoms with Gasteiger partial charge in [0.1, 0.15) is 4.88 Å². The molecule has 1 aromatic carbocycles. The summed E-state index contributed by atoms with van der Waals surface area (Å²) in [6.45, 7) is 0.0767. The Kier molecular flexibility index (Phi) is 6.23. The lowest BCUT2D eigenvalue weighted by molar-refractivity contribution is -0.133. The summed E-state index contributed by atoms with van der Waals surface area (Å²) in [6.07, 6.45) is 1.40. The number of esters is 1.